The van der Waals surface area contributed by atoms with E-state index in [1.54, 1.807) is 17.8 Å². The Morgan fingerprint density at radius 3 is 2.71 bits per heavy atom. The molecule has 112 valence electrons. The quantitative estimate of drug-likeness (QED) is 0.480. The maximum atomic E-state index is 12.5. The highest BCUT2D eigenvalue weighted by atomic mass is 32.2. The van der Waals surface area contributed by atoms with Gasteiger partial charge in [-0.15, -0.1) is 23.1 Å². The first kappa shape index (κ1) is 14.9. The number of hydrogen-bond acceptors (Lipinski definition) is 5. The first-order valence-electron chi connectivity index (χ1n) is 7.40. The normalized spacial score (nSPS) is 18.5. The van der Waals surface area contributed by atoms with E-state index < -0.39 is 0 Å². The van der Waals surface area contributed by atoms with Gasteiger partial charge in [0.15, 0.2) is 11.6 Å². The molecule has 3 rings (SSSR count). The third kappa shape index (κ3) is 2.94. The van der Waals surface area contributed by atoms with Crippen LogP contribution < -0.4 is 0 Å². The molecule has 0 N–H and O–H groups in total. The third-order valence-electron chi connectivity index (χ3n) is 4.07. The van der Waals surface area contributed by atoms with Crippen molar-refractivity contribution in [3.05, 3.63) is 28.3 Å². The van der Waals surface area contributed by atoms with Gasteiger partial charge in [0.25, 0.3) is 0 Å². The second kappa shape index (κ2) is 6.36. The lowest BCUT2D eigenvalue weighted by molar-refractivity contribution is 0.0970. The van der Waals surface area contributed by atoms with Crippen molar-refractivity contribution in [2.75, 3.05) is 19.3 Å². The van der Waals surface area contributed by atoms with Crippen molar-refractivity contribution in [1.82, 2.24) is 4.90 Å². The van der Waals surface area contributed by atoms with Gasteiger partial charge in [0.2, 0.25) is 0 Å². The van der Waals surface area contributed by atoms with Crippen molar-refractivity contribution in [2.24, 2.45) is 0 Å². The van der Waals surface area contributed by atoms with Crippen molar-refractivity contribution in [3.8, 4) is 0 Å². The predicted molar refractivity (Wildman–Crippen MR) is 87.6 cm³/mol. The van der Waals surface area contributed by atoms with Crippen LogP contribution in [0, 0.1) is 0 Å². The number of carbonyl (C=O) groups is 2. The van der Waals surface area contributed by atoms with Crippen LogP contribution in [0.1, 0.15) is 51.3 Å². The zero-order valence-corrected chi connectivity index (χ0v) is 13.8. The van der Waals surface area contributed by atoms with Crippen LogP contribution in [0.2, 0.25) is 0 Å². The van der Waals surface area contributed by atoms with Crippen molar-refractivity contribution < 1.29 is 9.59 Å². The van der Waals surface area contributed by atoms with E-state index in [0.717, 1.165) is 46.1 Å². The molecule has 0 amide bonds. The zero-order chi connectivity index (χ0) is 14.8. The Bertz CT molecular complexity index is 598. The summed E-state index contributed by atoms with van der Waals surface area (Å²) in [5, 5.41) is 0. The number of likely N-dealkylation sites (tertiary alicyclic amines) is 1. The topological polar surface area (TPSA) is 37.4 Å². The lowest BCUT2D eigenvalue weighted by Gasteiger charge is -2.12. The minimum atomic E-state index is 0.0538. The molecule has 0 atom stereocenters. The number of Topliss-reactive ketones (excluding diaryl/α,β-unsaturated/α-hetero) is 1. The van der Waals surface area contributed by atoms with Crippen LogP contribution in [0.4, 0.5) is 0 Å². The summed E-state index contributed by atoms with van der Waals surface area (Å²) in [7, 11) is 0. The summed E-state index contributed by atoms with van der Waals surface area (Å²) in [6, 6.07) is 0. The number of ketones is 2. The Hall–Kier alpha value is -1.07. The number of thiophene rings is 1. The SMILES string of the molecule is CSc1sc(C(=O)/C=C/N2CCCC2)c2c1C(=O)CCC2. The van der Waals surface area contributed by atoms with Gasteiger partial charge in [0.05, 0.1) is 9.09 Å². The van der Waals surface area contributed by atoms with Crippen LogP contribution in [0.3, 0.4) is 0 Å². The second-order valence-electron chi connectivity index (χ2n) is 5.48. The lowest BCUT2D eigenvalue weighted by Crippen LogP contribution is -2.13. The monoisotopic (exact) mass is 321 g/mol. The number of rotatable bonds is 4. The van der Waals surface area contributed by atoms with E-state index in [1.165, 1.54) is 24.2 Å². The second-order valence-corrected chi connectivity index (χ2v) is 7.57. The molecule has 0 radical (unpaired) electrons. The Labute approximate surface area is 133 Å². The van der Waals surface area contributed by atoms with Gasteiger partial charge >= 0.3 is 0 Å². The minimum Gasteiger partial charge on any atom is -0.377 e. The van der Waals surface area contributed by atoms with Gasteiger partial charge in [-0.3, -0.25) is 9.59 Å². The molecule has 1 fully saturated rings. The Morgan fingerprint density at radius 1 is 1.24 bits per heavy atom. The molecular weight excluding hydrogens is 302 g/mol. The Morgan fingerprint density at radius 2 is 2.00 bits per heavy atom. The molecule has 1 aromatic heterocycles. The molecule has 0 saturated carbocycles. The van der Waals surface area contributed by atoms with Gasteiger partial charge in [-0.05, 0) is 37.5 Å². The number of allylic oxidation sites excluding steroid dienone is 1. The predicted octanol–water partition coefficient (Wildman–Crippen LogP) is 3.78. The van der Waals surface area contributed by atoms with Gasteiger partial charge in [-0.25, -0.2) is 0 Å². The fourth-order valence-electron chi connectivity index (χ4n) is 3.00. The summed E-state index contributed by atoms with van der Waals surface area (Å²) in [6.07, 6.45) is 10.3. The summed E-state index contributed by atoms with van der Waals surface area (Å²) in [5.74, 6) is 0.262. The molecule has 1 saturated heterocycles. The molecule has 0 spiro atoms. The van der Waals surface area contributed by atoms with E-state index in [2.05, 4.69) is 4.90 Å². The van der Waals surface area contributed by atoms with Crippen molar-refractivity contribution in [3.63, 3.8) is 0 Å². The van der Waals surface area contributed by atoms with Crippen LogP contribution in [0.15, 0.2) is 16.5 Å². The fourth-order valence-corrected chi connectivity index (χ4v) is 5.04. The summed E-state index contributed by atoms with van der Waals surface area (Å²) < 4.78 is 1.01. The molecule has 21 heavy (non-hydrogen) atoms. The highest BCUT2D eigenvalue weighted by Crippen LogP contribution is 2.39. The van der Waals surface area contributed by atoms with E-state index in [-0.39, 0.29) is 11.6 Å². The smallest absolute Gasteiger partial charge is 0.197 e. The zero-order valence-electron chi connectivity index (χ0n) is 12.2. The van der Waals surface area contributed by atoms with Crippen LogP contribution in [-0.2, 0) is 6.42 Å². The van der Waals surface area contributed by atoms with Gasteiger partial charge in [0.1, 0.15) is 0 Å². The molecule has 3 nitrogen and oxygen atoms in total. The summed E-state index contributed by atoms with van der Waals surface area (Å²) in [6.45, 7) is 2.09. The molecule has 5 heteroatoms. The van der Waals surface area contributed by atoms with Crippen LogP contribution in [-0.4, -0.2) is 35.8 Å². The number of thioether (sulfide) groups is 1. The molecule has 0 bridgehead atoms. The van der Waals surface area contributed by atoms with E-state index >= 15 is 0 Å². The fraction of sp³-hybridized carbons (Fsp3) is 0.500. The van der Waals surface area contributed by atoms with E-state index in [0.29, 0.717) is 6.42 Å². The lowest BCUT2D eigenvalue weighted by atomic mass is 9.92. The highest BCUT2D eigenvalue weighted by Gasteiger charge is 2.28. The minimum absolute atomic E-state index is 0.0538. The number of carbonyl (C=O) groups excluding carboxylic acids is 2. The van der Waals surface area contributed by atoms with Crippen LogP contribution >= 0.6 is 23.1 Å². The summed E-state index contributed by atoms with van der Waals surface area (Å²) in [4.78, 5) is 27.6. The van der Waals surface area contributed by atoms with Crippen molar-refractivity contribution >= 4 is 34.7 Å². The summed E-state index contributed by atoms with van der Waals surface area (Å²) >= 11 is 3.07. The number of fused-ring (bicyclic) bond motifs is 1. The molecular formula is C16H19NO2S2. The standard InChI is InChI=1S/C16H19NO2S2/c1-20-16-14-11(5-4-6-12(14)18)15(21-16)13(19)7-10-17-8-2-3-9-17/h7,10H,2-6,8-9H2,1H3/b10-7+. The maximum Gasteiger partial charge on any atom is 0.197 e. The molecule has 2 aliphatic rings. The summed E-state index contributed by atoms with van der Waals surface area (Å²) in [5.41, 5.74) is 1.83. The number of hydrogen-bond donors (Lipinski definition) is 0. The third-order valence-corrected chi connectivity index (χ3v) is 6.44. The molecule has 1 aliphatic heterocycles. The average molecular weight is 321 g/mol. The van der Waals surface area contributed by atoms with Crippen molar-refractivity contribution in [1.29, 1.82) is 0 Å². The van der Waals surface area contributed by atoms with Crippen molar-refractivity contribution in [2.45, 2.75) is 36.3 Å². The number of nitrogens with zero attached hydrogens (tertiary/aromatic N) is 1. The van der Waals surface area contributed by atoms with Gasteiger partial charge in [0, 0.05) is 37.3 Å². The molecule has 1 aromatic rings. The van der Waals surface area contributed by atoms with E-state index in [1.807, 2.05) is 12.5 Å². The van der Waals surface area contributed by atoms with Crippen LogP contribution in [0.5, 0.6) is 0 Å². The van der Waals surface area contributed by atoms with Gasteiger partial charge in [-0.1, -0.05) is 0 Å². The Balaban J connectivity index is 1.87. The van der Waals surface area contributed by atoms with Crippen LogP contribution in [0.25, 0.3) is 0 Å². The van der Waals surface area contributed by atoms with Gasteiger partial charge < -0.3 is 4.90 Å². The largest absolute Gasteiger partial charge is 0.377 e. The highest BCUT2D eigenvalue weighted by molar-refractivity contribution is 8.00. The molecule has 0 aromatic carbocycles. The molecule has 1 aliphatic carbocycles. The first-order valence-corrected chi connectivity index (χ1v) is 9.44. The molecule has 0 unspecified atom stereocenters. The maximum absolute atomic E-state index is 12.5. The Kier molecular flexibility index (Phi) is 4.50. The first-order chi connectivity index (χ1) is 10.2. The van der Waals surface area contributed by atoms with E-state index in [4.69, 9.17) is 0 Å². The molecule has 2 heterocycles. The van der Waals surface area contributed by atoms with Gasteiger partial charge in [-0.2, -0.15) is 0 Å². The average Bonchev–Trinajstić information content (AvgIpc) is 3.12. The van der Waals surface area contributed by atoms with E-state index in [9.17, 15) is 9.59 Å².